The van der Waals surface area contributed by atoms with Crippen molar-refractivity contribution in [1.29, 1.82) is 0 Å². The normalized spacial score (nSPS) is 25.0. The first-order valence-electron chi connectivity index (χ1n) is 12.2. The molecule has 184 valence electrons. The number of likely N-dealkylation sites (tertiary alicyclic amines) is 1. The number of alkyl carbamates (subject to hydrolysis) is 1. The summed E-state index contributed by atoms with van der Waals surface area (Å²) in [6, 6.07) is -0.389. The minimum atomic E-state index is -0.475. The number of thiocarbonyl (C=S) groups is 1. The molecule has 2 amide bonds. The van der Waals surface area contributed by atoms with Gasteiger partial charge in [0, 0.05) is 19.1 Å². The van der Waals surface area contributed by atoms with Crippen LogP contribution in [0.3, 0.4) is 0 Å². The van der Waals surface area contributed by atoms with Crippen molar-refractivity contribution >= 4 is 29.2 Å². The zero-order chi connectivity index (χ0) is 24.1. The second-order valence-electron chi connectivity index (χ2n) is 10.7. The summed E-state index contributed by atoms with van der Waals surface area (Å²) in [4.78, 5) is 28.2. The van der Waals surface area contributed by atoms with Crippen molar-refractivity contribution in [3.8, 4) is 0 Å². The van der Waals surface area contributed by atoms with Gasteiger partial charge in [0.15, 0.2) is 0 Å². The lowest BCUT2D eigenvalue weighted by atomic mass is 9.74. The average molecular weight is 469 g/mol. The molecule has 8 heteroatoms. The molecule has 0 aromatic heterocycles. The van der Waals surface area contributed by atoms with E-state index in [1.54, 1.807) is 0 Å². The van der Waals surface area contributed by atoms with Gasteiger partial charge in [-0.2, -0.15) is 0 Å². The molecule has 2 aliphatic rings. The van der Waals surface area contributed by atoms with Gasteiger partial charge in [-0.15, -0.1) is 0 Å². The van der Waals surface area contributed by atoms with Crippen molar-refractivity contribution in [2.45, 2.75) is 104 Å². The predicted octanol–water partition coefficient (Wildman–Crippen LogP) is 3.60. The van der Waals surface area contributed by atoms with Crippen LogP contribution in [0.4, 0.5) is 4.79 Å². The number of nitrogens with two attached hydrogens (primary N) is 1. The van der Waals surface area contributed by atoms with Gasteiger partial charge in [-0.1, -0.05) is 39.9 Å². The molecule has 0 bridgehead atoms. The number of nitrogens with zero attached hydrogens (tertiary/aromatic N) is 1. The fraction of sp³-hybridized carbons (Fsp3) is 0.875. The number of hydrogen-bond donors (Lipinski definition) is 3. The topological polar surface area (TPSA) is 96.7 Å². The van der Waals surface area contributed by atoms with Crippen molar-refractivity contribution in [3.63, 3.8) is 0 Å². The Hall–Kier alpha value is -1.41. The van der Waals surface area contributed by atoms with Crippen LogP contribution in [0.2, 0.25) is 0 Å². The average Bonchev–Trinajstić information content (AvgIpc) is 3.20. The summed E-state index contributed by atoms with van der Waals surface area (Å²) in [7, 11) is 0. The molecule has 7 nitrogen and oxygen atoms in total. The summed E-state index contributed by atoms with van der Waals surface area (Å²) < 4.78 is 5.34. The first-order valence-corrected chi connectivity index (χ1v) is 12.6. The molecule has 1 saturated carbocycles. The van der Waals surface area contributed by atoms with Gasteiger partial charge in [0.2, 0.25) is 5.91 Å². The Morgan fingerprint density at radius 3 is 2.31 bits per heavy atom. The zero-order valence-corrected chi connectivity index (χ0v) is 21.6. The molecule has 2 atom stereocenters. The Morgan fingerprint density at radius 1 is 1.12 bits per heavy atom. The molecule has 1 aliphatic carbocycles. The highest BCUT2D eigenvalue weighted by molar-refractivity contribution is 7.80. The van der Waals surface area contributed by atoms with E-state index in [-0.39, 0.29) is 29.4 Å². The molecule has 1 heterocycles. The molecule has 0 unspecified atom stereocenters. The van der Waals surface area contributed by atoms with E-state index in [4.69, 9.17) is 22.7 Å². The second-order valence-corrected chi connectivity index (χ2v) is 11.1. The molecular weight excluding hydrogens is 424 g/mol. The summed E-state index contributed by atoms with van der Waals surface area (Å²) in [5.74, 6) is 0.795. The van der Waals surface area contributed by atoms with E-state index in [2.05, 4.69) is 38.3 Å². The number of nitrogens with one attached hydrogen (secondary N) is 2. The Balaban J connectivity index is 2.07. The van der Waals surface area contributed by atoms with Gasteiger partial charge in [-0.3, -0.25) is 4.79 Å². The molecule has 32 heavy (non-hydrogen) atoms. The van der Waals surface area contributed by atoms with Gasteiger partial charge in [0.1, 0.15) is 11.0 Å². The molecule has 1 aliphatic heterocycles. The molecular formula is C24H44N4O3S. The molecule has 0 aromatic rings. The highest BCUT2D eigenvalue weighted by Gasteiger charge is 2.42. The molecule has 0 radical (unpaired) electrons. The maximum atomic E-state index is 13.1. The number of hydrogen-bond acceptors (Lipinski definition) is 5. The quantitative estimate of drug-likeness (QED) is 0.471. The van der Waals surface area contributed by atoms with E-state index in [1.165, 1.54) is 0 Å². The highest BCUT2D eigenvalue weighted by atomic mass is 32.1. The Bertz CT molecular complexity index is 660. The van der Waals surface area contributed by atoms with E-state index < -0.39 is 12.1 Å². The van der Waals surface area contributed by atoms with Gasteiger partial charge in [0.25, 0.3) is 0 Å². The number of amides is 2. The van der Waals surface area contributed by atoms with Gasteiger partial charge >= 0.3 is 6.09 Å². The third kappa shape index (κ3) is 7.04. The zero-order valence-electron chi connectivity index (χ0n) is 20.8. The number of carbonyl (C=O) groups excluding carboxylic acids is 2. The smallest absolute Gasteiger partial charge is 0.407 e. The van der Waals surface area contributed by atoms with Crippen LogP contribution in [-0.2, 0) is 9.53 Å². The van der Waals surface area contributed by atoms with Crippen LogP contribution in [-0.4, -0.2) is 59.2 Å². The van der Waals surface area contributed by atoms with Crippen LogP contribution in [0.5, 0.6) is 0 Å². The Kier molecular flexibility index (Phi) is 9.76. The predicted molar refractivity (Wildman–Crippen MR) is 132 cm³/mol. The minimum absolute atomic E-state index is 0.0329. The Labute approximate surface area is 199 Å². The Morgan fingerprint density at radius 2 is 1.75 bits per heavy atom. The van der Waals surface area contributed by atoms with E-state index in [0.29, 0.717) is 23.5 Å². The second kappa shape index (κ2) is 11.6. The molecule has 1 saturated heterocycles. The molecule has 4 N–H and O–H groups in total. The largest absolute Gasteiger partial charge is 0.447 e. The van der Waals surface area contributed by atoms with Crippen molar-refractivity contribution in [2.24, 2.45) is 23.0 Å². The van der Waals surface area contributed by atoms with Crippen LogP contribution in [0, 0.1) is 17.3 Å². The van der Waals surface area contributed by atoms with Crippen molar-refractivity contribution in [2.75, 3.05) is 13.1 Å². The lowest BCUT2D eigenvalue weighted by molar-refractivity contribution is -0.124. The first-order chi connectivity index (χ1) is 14.9. The highest BCUT2D eigenvalue weighted by Crippen LogP contribution is 2.34. The standard InChI is InChI=1S/C24H44N4O3S/c1-15(2)24(5,6)20(27-23(30)31-16(3)4)22(32)28-13-7-8-19(28)21(29)26-14-17-9-11-18(25)12-10-17/h15-20H,7-14,25H2,1-6H3,(H,26,29)(H,27,30)/t17?,18?,19-,20+/m0/s1. The molecule has 2 fully saturated rings. The van der Waals surface area contributed by atoms with Gasteiger partial charge < -0.3 is 26.0 Å². The fourth-order valence-electron chi connectivity index (χ4n) is 4.49. The third-order valence-corrected chi connectivity index (χ3v) is 7.85. The van der Waals surface area contributed by atoms with Gasteiger partial charge in [0.05, 0.1) is 12.1 Å². The summed E-state index contributed by atoms with van der Waals surface area (Å²) in [6.45, 7) is 13.5. The van der Waals surface area contributed by atoms with Crippen LogP contribution < -0.4 is 16.4 Å². The van der Waals surface area contributed by atoms with Gasteiger partial charge in [-0.25, -0.2) is 4.79 Å². The fourth-order valence-corrected chi connectivity index (χ4v) is 5.07. The number of ether oxygens (including phenoxy) is 1. The summed E-state index contributed by atoms with van der Waals surface area (Å²) >= 11 is 5.91. The van der Waals surface area contributed by atoms with Crippen LogP contribution in [0.1, 0.15) is 80.1 Å². The van der Waals surface area contributed by atoms with E-state index in [9.17, 15) is 9.59 Å². The number of carbonyl (C=O) groups is 2. The van der Waals surface area contributed by atoms with Gasteiger partial charge in [-0.05, 0) is 69.6 Å². The summed E-state index contributed by atoms with van der Waals surface area (Å²) in [5.41, 5.74) is 5.69. The molecule has 0 spiro atoms. The van der Waals surface area contributed by atoms with E-state index >= 15 is 0 Å². The van der Waals surface area contributed by atoms with Crippen molar-refractivity contribution < 1.29 is 14.3 Å². The molecule has 2 rings (SSSR count). The third-order valence-electron chi connectivity index (χ3n) is 7.38. The minimum Gasteiger partial charge on any atom is -0.447 e. The molecule has 0 aromatic carbocycles. The summed E-state index contributed by atoms with van der Waals surface area (Å²) in [6.07, 6.45) is 5.19. The first kappa shape index (κ1) is 26.8. The van der Waals surface area contributed by atoms with Crippen molar-refractivity contribution in [3.05, 3.63) is 0 Å². The monoisotopic (exact) mass is 468 g/mol. The maximum Gasteiger partial charge on any atom is 0.407 e. The van der Waals surface area contributed by atoms with Crippen LogP contribution >= 0.6 is 12.2 Å². The van der Waals surface area contributed by atoms with Crippen LogP contribution in [0.15, 0.2) is 0 Å². The van der Waals surface area contributed by atoms with E-state index in [1.807, 2.05) is 18.7 Å². The lowest BCUT2D eigenvalue weighted by Crippen LogP contribution is -2.59. The van der Waals surface area contributed by atoms with Crippen molar-refractivity contribution in [1.82, 2.24) is 15.5 Å². The van der Waals surface area contributed by atoms with Crippen LogP contribution in [0.25, 0.3) is 0 Å². The lowest BCUT2D eigenvalue weighted by Gasteiger charge is -2.42. The van der Waals surface area contributed by atoms with E-state index in [0.717, 1.165) is 45.1 Å². The number of rotatable bonds is 8. The summed E-state index contributed by atoms with van der Waals surface area (Å²) in [5, 5.41) is 6.17. The maximum absolute atomic E-state index is 13.1. The SMILES string of the molecule is CC(C)OC(=O)N[C@H](C(=S)N1CCC[C@H]1C(=O)NCC1CCC(N)CC1)C(C)(C)C(C)C.